The molecule has 25 heavy (non-hydrogen) atoms. The molecule has 3 rings (SSSR count). The average Bonchev–Trinajstić information content (AvgIpc) is 2.63. The van der Waals surface area contributed by atoms with Gasteiger partial charge in [0.15, 0.2) is 5.54 Å². The minimum absolute atomic E-state index is 0.280. The van der Waals surface area contributed by atoms with Crippen molar-refractivity contribution in [3.8, 4) is 0 Å². The summed E-state index contributed by atoms with van der Waals surface area (Å²) in [5, 5.41) is 1.82. The SMILES string of the molecule is CC1(C)COC(=O)C(C)(c2ccccc2)N1OCCc1ccccc1. The van der Waals surface area contributed by atoms with Crippen molar-refractivity contribution in [1.29, 1.82) is 0 Å². The van der Waals surface area contributed by atoms with Crippen molar-refractivity contribution in [2.75, 3.05) is 13.2 Å². The topological polar surface area (TPSA) is 38.8 Å². The van der Waals surface area contributed by atoms with Crippen LogP contribution in [-0.4, -0.2) is 29.8 Å². The lowest BCUT2D eigenvalue weighted by Crippen LogP contribution is -2.65. The van der Waals surface area contributed by atoms with Gasteiger partial charge in [0.2, 0.25) is 0 Å². The Morgan fingerprint density at radius 3 is 2.24 bits per heavy atom. The van der Waals surface area contributed by atoms with Gasteiger partial charge in [-0.1, -0.05) is 60.7 Å². The van der Waals surface area contributed by atoms with Gasteiger partial charge in [-0.15, -0.1) is 0 Å². The maximum Gasteiger partial charge on any atom is 0.333 e. The van der Waals surface area contributed by atoms with E-state index in [0.717, 1.165) is 12.0 Å². The maximum atomic E-state index is 12.7. The molecule has 1 aliphatic rings. The lowest BCUT2D eigenvalue weighted by molar-refractivity contribution is -0.300. The van der Waals surface area contributed by atoms with Crippen molar-refractivity contribution >= 4 is 5.97 Å². The van der Waals surface area contributed by atoms with Gasteiger partial charge < -0.3 is 4.74 Å². The Morgan fingerprint density at radius 2 is 1.60 bits per heavy atom. The maximum absolute atomic E-state index is 12.7. The van der Waals surface area contributed by atoms with Crippen molar-refractivity contribution in [2.45, 2.75) is 38.3 Å². The highest BCUT2D eigenvalue weighted by Gasteiger charge is 2.54. The fourth-order valence-electron chi connectivity index (χ4n) is 3.33. The Morgan fingerprint density at radius 1 is 1.00 bits per heavy atom. The lowest BCUT2D eigenvalue weighted by Gasteiger charge is -2.50. The normalized spacial score (nSPS) is 23.2. The first-order chi connectivity index (χ1) is 11.9. The molecule has 2 aromatic carbocycles. The second kappa shape index (κ2) is 6.98. The zero-order valence-corrected chi connectivity index (χ0v) is 15.1. The molecule has 1 unspecified atom stereocenters. The minimum atomic E-state index is -0.973. The van der Waals surface area contributed by atoms with Crippen LogP contribution in [0.1, 0.15) is 31.9 Å². The molecule has 1 saturated heterocycles. The summed E-state index contributed by atoms with van der Waals surface area (Å²) in [6.45, 7) is 6.74. The highest BCUT2D eigenvalue weighted by Crippen LogP contribution is 2.39. The molecule has 0 saturated carbocycles. The van der Waals surface area contributed by atoms with E-state index in [1.807, 2.05) is 74.4 Å². The predicted octanol–water partition coefficient (Wildman–Crippen LogP) is 3.71. The smallest absolute Gasteiger partial charge is 0.333 e. The van der Waals surface area contributed by atoms with Crippen LogP contribution in [0, 0.1) is 0 Å². The molecule has 4 heteroatoms. The molecule has 0 radical (unpaired) electrons. The number of rotatable bonds is 5. The van der Waals surface area contributed by atoms with Gasteiger partial charge in [-0.3, -0.25) is 4.84 Å². The number of hydrogen-bond acceptors (Lipinski definition) is 4. The van der Waals surface area contributed by atoms with Gasteiger partial charge in [0.25, 0.3) is 0 Å². The van der Waals surface area contributed by atoms with Crippen LogP contribution < -0.4 is 0 Å². The molecule has 1 atom stereocenters. The van der Waals surface area contributed by atoms with Gasteiger partial charge in [-0.25, -0.2) is 4.79 Å². The number of hydrogen-bond donors (Lipinski definition) is 0. The number of cyclic esters (lactones) is 1. The van der Waals surface area contributed by atoms with Crippen molar-refractivity contribution in [3.05, 3.63) is 71.8 Å². The summed E-state index contributed by atoms with van der Waals surface area (Å²) in [5.41, 5.74) is 0.684. The number of esters is 1. The van der Waals surface area contributed by atoms with Gasteiger partial charge in [0, 0.05) is 0 Å². The zero-order valence-electron chi connectivity index (χ0n) is 15.1. The second-order valence-electron chi connectivity index (χ2n) is 7.19. The zero-order chi connectivity index (χ0) is 17.9. The molecular formula is C21H25NO3. The number of morpholine rings is 1. The third kappa shape index (κ3) is 3.46. The number of benzene rings is 2. The Labute approximate surface area is 149 Å². The molecule has 0 spiro atoms. The predicted molar refractivity (Wildman–Crippen MR) is 96.8 cm³/mol. The second-order valence-corrected chi connectivity index (χ2v) is 7.19. The van der Waals surface area contributed by atoms with Crippen molar-refractivity contribution in [3.63, 3.8) is 0 Å². The summed E-state index contributed by atoms with van der Waals surface area (Å²) in [6, 6.07) is 19.9. The third-order valence-electron chi connectivity index (χ3n) is 4.70. The fraction of sp³-hybridized carbons (Fsp3) is 0.381. The van der Waals surface area contributed by atoms with E-state index >= 15 is 0 Å². The molecule has 1 fully saturated rings. The largest absolute Gasteiger partial charge is 0.462 e. The highest BCUT2D eigenvalue weighted by molar-refractivity contribution is 5.83. The molecule has 2 aromatic rings. The first-order valence-corrected chi connectivity index (χ1v) is 8.64. The molecule has 0 N–H and O–H groups in total. The van der Waals surface area contributed by atoms with Crippen LogP contribution in [-0.2, 0) is 26.3 Å². The van der Waals surface area contributed by atoms with E-state index in [2.05, 4.69) is 12.1 Å². The Bertz CT molecular complexity index is 714. The number of ether oxygens (including phenoxy) is 1. The summed E-state index contributed by atoms with van der Waals surface area (Å²) in [6.07, 6.45) is 0.785. The number of hydroxylamine groups is 2. The van der Waals surface area contributed by atoms with Gasteiger partial charge in [-0.2, -0.15) is 5.06 Å². The van der Waals surface area contributed by atoms with Crippen molar-refractivity contribution in [2.24, 2.45) is 0 Å². The van der Waals surface area contributed by atoms with Crippen molar-refractivity contribution in [1.82, 2.24) is 5.06 Å². The van der Waals surface area contributed by atoms with E-state index in [4.69, 9.17) is 9.57 Å². The van der Waals surface area contributed by atoms with Crippen LogP contribution in [0.4, 0.5) is 0 Å². The monoisotopic (exact) mass is 339 g/mol. The molecular weight excluding hydrogens is 314 g/mol. The van der Waals surface area contributed by atoms with Gasteiger partial charge in [-0.05, 0) is 38.3 Å². The van der Waals surface area contributed by atoms with E-state index < -0.39 is 11.1 Å². The first-order valence-electron chi connectivity index (χ1n) is 8.64. The average molecular weight is 339 g/mol. The van der Waals surface area contributed by atoms with Crippen LogP contribution in [0.15, 0.2) is 60.7 Å². The van der Waals surface area contributed by atoms with Gasteiger partial charge in [0.1, 0.15) is 6.61 Å². The number of carbonyl (C=O) groups is 1. The minimum Gasteiger partial charge on any atom is -0.462 e. The van der Waals surface area contributed by atoms with Gasteiger partial charge >= 0.3 is 5.97 Å². The van der Waals surface area contributed by atoms with Gasteiger partial charge in [0.05, 0.1) is 12.1 Å². The van der Waals surface area contributed by atoms with Crippen LogP contribution in [0.2, 0.25) is 0 Å². The lowest BCUT2D eigenvalue weighted by atomic mass is 9.86. The Balaban J connectivity index is 1.84. The van der Waals surface area contributed by atoms with E-state index in [1.165, 1.54) is 5.56 Å². The Hall–Kier alpha value is -2.17. The number of nitrogens with zero attached hydrogens (tertiary/aromatic N) is 1. The number of carbonyl (C=O) groups excluding carboxylic acids is 1. The summed E-state index contributed by atoms with van der Waals surface area (Å²) in [4.78, 5) is 18.9. The van der Waals surface area contributed by atoms with Crippen LogP contribution in [0.25, 0.3) is 0 Å². The first kappa shape index (κ1) is 17.6. The molecule has 0 aromatic heterocycles. The van der Waals surface area contributed by atoms with E-state index in [0.29, 0.717) is 13.2 Å². The molecule has 0 bridgehead atoms. The summed E-state index contributed by atoms with van der Waals surface area (Å²) in [7, 11) is 0. The molecule has 4 nitrogen and oxygen atoms in total. The van der Waals surface area contributed by atoms with E-state index in [9.17, 15) is 4.79 Å². The Kier molecular flexibility index (Phi) is 4.93. The third-order valence-corrected chi connectivity index (χ3v) is 4.70. The van der Waals surface area contributed by atoms with Crippen LogP contribution >= 0.6 is 0 Å². The highest BCUT2D eigenvalue weighted by atomic mass is 16.7. The molecule has 1 aliphatic heterocycles. The summed E-state index contributed by atoms with van der Waals surface area (Å²) < 4.78 is 5.50. The van der Waals surface area contributed by atoms with Crippen LogP contribution in [0.5, 0.6) is 0 Å². The fourth-order valence-corrected chi connectivity index (χ4v) is 3.33. The molecule has 0 amide bonds. The molecule has 132 valence electrons. The quantitative estimate of drug-likeness (QED) is 0.779. The standard InChI is InChI=1S/C21H25NO3/c1-20(2)16-24-19(23)21(3,18-12-8-5-9-13-18)22(20)25-15-14-17-10-6-4-7-11-17/h4-13H,14-16H2,1-3H3. The van der Waals surface area contributed by atoms with E-state index in [1.54, 1.807) is 0 Å². The van der Waals surface area contributed by atoms with Crippen molar-refractivity contribution < 1.29 is 14.4 Å². The van der Waals surface area contributed by atoms with Crippen LogP contribution in [0.3, 0.4) is 0 Å². The summed E-state index contributed by atoms with van der Waals surface area (Å²) in [5.74, 6) is -0.280. The summed E-state index contributed by atoms with van der Waals surface area (Å²) >= 11 is 0. The molecule has 1 heterocycles. The molecule has 0 aliphatic carbocycles. The van der Waals surface area contributed by atoms with E-state index in [-0.39, 0.29) is 5.97 Å².